The molecule has 0 saturated carbocycles. The first-order valence-corrected chi connectivity index (χ1v) is 6.26. The molecule has 0 unspecified atom stereocenters. The van der Waals surface area contributed by atoms with Crippen molar-refractivity contribution >= 4 is 11.6 Å². The summed E-state index contributed by atoms with van der Waals surface area (Å²) in [5, 5.41) is 0.321. The summed E-state index contributed by atoms with van der Waals surface area (Å²) >= 11 is 6.12. The largest absolute Gasteiger partial charge is 0.233 e. The van der Waals surface area contributed by atoms with Crippen molar-refractivity contribution in [2.45, 2.75) is 26.7 Å². The summed E-state index contributed by atoms with van der Waals surface area (Å²) in [6.07, 6.45) is 0. The maximum Gasteiger partial charge on any atom is 0.161 e. The van der Waals surface area contributed by atoms with Gasteiger partial charge in [-0.05, 0) is 25.0 Å². The maximum atomic E-state index is 13.2. The zero-order chi connectivity index (χ0) is 14.2. The van der Waals surface area contributed by atoms with Crippen LogP contribution in [0.5, 0.6) is 0 Å². The van der Waals surface area contributed by atoms with Crippen LogP contribution in [0.1, 0.15) is 31.0 Å². The number of hydrogen-bond acceptors (Lipinski definition) is 2. The van der Waals surface area contributed by atoms with Crippen molar-refractivity contribution in [1.29, 1.82) is 0 Å². The highest BCUT2D eigenvalue weighted by Crippen LogP contribution is 2.28. The van der Waals surface area contributed by atoms with E-state index in [-0.39, 0.29) is 17.3 Å². The fourth-order valence-corrected chi connectivity index (χ4v) is 2.45. The third-order valence-electron chi connectivity index (χ3n) is 2.79. The first-order chi connectivity index (χ1) is 8.88. The quantitative estimate of drug-likeness (QED) is 0.758. The lowest BCUT2D eigenvalue weighted by Crippen LogP contribution is -2.02. The molecule has 1 heterocycles. The average Bonchev–Trinajstić information content (AvgIpc) is 2.25. The minimum atomic E-state index is -0.666. The lowest BCUT2D eigenvalue weighted by atomic mass is 10.0. The van der Waals surface area contributed by atoms with E-state index in [0.29, 0.717) is 5.15 Å². The standard InChI is InChI=1S/C14H13ClF2N2/c1-7(2)12-8(3)18-14(19-13(12)15)9-4-10(16)6-11(17)5-9/h4-7H,1-3H3. The first kappa shape index (κ1) is 13.9. The molecule has 0 aliphatic carbocycles. The van der Waals surface area contributed by atoms with Gasteiger partial charge < -0.3 is 0 Å². The Balaban J connectivity index is 2.58. The lowest BCUT2D eigenvalue weighted by Gasteiger charge is -2.12. The van der Waals surface area contributed by atoms with Gasteiger partial charge in [0.2, 0.25) is 0 Å². The van der Waals surface area contributed by atoms with Gasteiger partial charge in [-0.25, -0.2) is 18.7 Å². The Bertz CT molecular complexity index is 584. The van der Waals surface area contributed by atoms with E-state index in [1.807, 2.05) is 20.8 Å². The molecule has 0 radical (unpaired) electrons. The van der Waals surface area contributed by atoms with Gasteiger partial charge in [0.1, 0.15) is 16.8 Å². The minimum Gasteiger partial charge on any atom is -0.233 e. The highest BCUT2D eigenvalue weighted by Gasteiger charge is 2.15. The van der Waals surface area contributed by atoms with Crippen LogP contribution in [-0.2, 0) is 0 Å². The summed E-state index contributed by atoms with van der Waals surface area (Å²) in [6.45, 7) is 5.78. The molecular formula is C14H13ClF2N2. The lowest BCUT2D eigenvalue weighted by molar-refractivity contribution is 0.584. The van der Waals surface area contributed by atoms with Gasteiger partial charge >= 0.3 is 0 Å². The molecule has 0 amide bonds. The van der Waals surface area contributed by atoms with Crippen LogP contribution in [0, 0.1) is 18.6 Å². The van der Waals surface area contributed by atoms with Crippen LogP contribution in [0.25, 0.3) is 11.4 Å². The zero-order valence-corrected chi connectivity index (χ0v) is 11.6. The fraction of sp³-hybridized carbons (Fsp3) is 0.286. The van der Waals surface area contributed by atoms with Gasteiger partial charge in [0, 0.05) is 22.9 Å². The van der Waals surface area contributed by atoms with Crippen LogP contribution in [0.4, 0.5) is 8.78 Å². The third kappa shape index (κ3) is 2.89. The number of benzene rings is 1. The summed E-state index contributed by atoms with van der Waals surface area (Å²) in [4.78, 5) is 8.41. The van der Waals surface area contributed by atoms with Crippen molar-refractivity contribution in [3.05, 3.63) is 46.2 Å². The molecule has 2 aromatic rings. The number of halogens is 3. The van der Waals surface area contributed by atoms with Gasteiger partial charge in [0.05, 0.1) is 0 Å². The molecule has 0 bridgehead atoms. The molecular weight excluding hydrogens is 270 g/mol. The van der Waals surface area contributed by atoms with Gasteiger partial charge in [-0.2, -0.15) is 0 Å². The smallest absolute Gasteiger partial charge is 0.161 e. The fourth-order valence-electron chi connectivity index (χ4n) is 2.01. The van der Waals surface area contributed by atoms with Crippen LogP contribution < -0.4 is 0 Å². The second kappa shape index (κ2) is 5.21. The SMILES string of the molecule is Cc1nc(-c2cc(F)cc(F)c2)nc(Cl)c1C(C)C. The molecule has 0 aliphatic heterocycles. The van der Waals surface area contributed by atoms with Gasteiger partial charge in [0.25, 0.3) is 0 Å². The van der Waals surface area contributed by atoms with E-state index >= 15 is 0 Å². The Kier molecular flexibility index (Phi) is 3.80. The van der Waals surface area contributed by atoms with E-state index in [4.69, 9.17) is 11.6 Å². The molecule has 1 aromatic carbocycles. The molecule has 1 aromatic heterocycles. The number of aromatic nitrogens is 2. The summed E-state index contributed by atoms with van der Waals surface area (Å²) < 4.78 is 26.4. The van der Waals surface area contributed by atoms with Crippen LogP contribution in [0.2, 0.25) is 5.15 Å². The monoisotopic (exact) mass is 282 g/mol. The molecule has 0 atom stereocenters. The zero-order valence-electron chi connectivity index (χ0n) is 10.8. The summed E-state index contributed by atoms with van der Waals surface area (Å²) in [6, 6.07) is 3.17. The van der Waals surface area contributed by atoms with E-state index < -0.39 is 11.6 Å². The Morgan fingerprint density at radius 3 is 2.11 bits per heavy atom. The summed E-state index contributed by atoms with van der Waals surface area (Å²) in [7, 11) is 0. The molecule has 2 nitrogen and oxygen atoms in total. The van der Waals surface area contributed by atoms with Crippen LogP contribution in [0.15, 0.2) is 18.2 Å². The molecule has 2 rings (SSSR count). The van der Waals surface area contributed by atoms with E-state index in [1.54, 1.807) is 0 Å². The highest BCUT2D eigenvalue weighted by atomic mass is 35.5. The Morgan fingerprint density at radius 2 is 1.63 bits per heavy atom. The van der Waals surface area contributed by atoms with Crippen molar-refractivity contribution < 1.29 is 8.78 Å². The topological polar surface area (TPSA) is 25.8 Å². The number of rotatable bonds is 2. The molecule has 5 heteroatoms. The van der Waals surface area contributed by atoms with Crippen LogP contribution in [0.3, 0.4) is 0 Å². The number of nitrogens with zero attached hydrogens (tertiary/aromatic N) is 2. The molecule has 0 aliphatic rings. The van der Waals surface area contributed by atoms with Crippen LogP contribution >= 0.6 is 11.6 Å². The van der Waals surface area contributed by atoms with Gasteiger partial charge in [-0.3, -0.25) is 0 Å². The Labute approximate surface area is 115 Å². The van der Waals surface area contributed by atoms with Gasteiger partial charge in [-0.15, -0.1) is 0 Å². The Morgan fingerprint density at radius 1 is 1.05 bits per heavy atom. The van der Waals surface area contributed by atoms with E-state index in [9.17, 15) is 8.78 Å². The third-order valence-corrected chi connectivity index (χ3v) is 3.08. The predicted molar refractivity (Wildman–Crippen MR) is 71.2 cm³/mol. The van der Waals surface area contributed by atoms with E-state index in [1.165, 1.54) is 12.1 Å². The molecule has 0 fully saturated rings. The molecule has 0 spiro atoms. The molecule has 0 N–H and O–H groups in total. The Hall–Kier alpha value is -1.55. The van der Waals surface area contributed by atoms with Crippen molar-refractivity contribution in [2.75, 3.05) is 0 Å². The molecule has 100 valence electrons. The average molecular weight is 283 g/mol. The second-order valence-corrected chi connectivity index (χ2v) is 5.01. The highest BCUT2D eigenvalue weighted by molar-refractivity contribution is 6.30. The van der Waals surface area contributed by atoms with Crippen molar-refractivity contribution in [2.24, 2.45) is 0 Å². The van der Waals surface area contributed by atoms with E-state index in [2.05, 4.69) is 9.97 Å². The first-order valence-electron chi connectivity index (χ1n) is 5.89. The maximum absolute atomic E-state index is 13.2. The van der Waals surface area contributed by atoms with Crippen molar-refractivity contribution in [3.8, 4) is 11.4 Å². The second-order valence-electron chi connectivity index (χ2n) is 4.65. The normalized spacial score (nSPS) is 11.1. The summed E-state index contributed by atoms with van der Waals surface area (Å²) in [5.74, 6) is -0.920. The van der Waals surface area contributed by atoms with Crippen molar-refractivity contribution in [3.63, 3.8) is 0 Å². The number of aryl methyl sites for hydroxylation is 1. The number of hydrogen-bond donors (Lipinski definition) is 0. The minimum absolute atomic E-state index is 0.186. The van der Waals surface area contributed by atoms with Crippen LogP contribution in [-0.4, -0.2) is 9.97 Å². The van der Waals surface area contributed by atoms with E-state index in [0.717, 1.165) is 17.3 Å². The van der Waals surface area contributed by atoms with Gasteiger partial charge in [-0.1, -0.05) is 25.4 Å². The molecule has 0 saturated heterocycles. The summed E-state index contributed by atoms with van der Waals surface area (Å²) in [5.41, 5.74) is 1.84. The predicted octanol–water partition coefficient (Wildman–Crippen LogP) is 4.51. The van der Waals surface area contributed by atoms with Gasteiger partial charge in [0.15, 0.2) is 5.82 Å². The molecule has 19 heavy (non-hydrogen) atoms. The van der Waals surface area contributed by atoms with Crippen molar-refractivity contribution in [1.82, 2.24) is 9.97 Å².